The van der Waals surface area contributed by atoms with E-state index in [1.54, 1.807) is 39.5 Å². The molecule has 4 aromatic rings. The van der Waals surface area contributed by atoms with E-state index < -0.39 is 17.4 Å². The van der Waals surface area contributed by atoms with E-state index in [2.05, 4.69) is 0 Å². The van der Waals surface area contributed by atoms with Crippen molar-refractivity contribution in [1.82, 2.24) is 9.13 Å². The van der Waals surface area contributed by atoms with Gasteiger partial charge in [-0.3, -0.25) is 9.13 Å². The standard InChI is InChI=1S/C28H24ClF2N3O3/c29-20-4-9-23-24(17-20)33(22-7-5-21(6-8-22)32-14-12-28(30,31)13-15-32)26(37)34(23)27(10-11-27)19-3-1-2-18(16-19)25(35)36/h1-9,16-17H,10-15H2,(H,35,36). The maximum absolute atomic E-state index is 14.0. The third-order valence-corrected chi connectivity index (χ3v) is 7.80. The summed E-state index contributed by atoms with van der Waals surface area (Å²) >= 11 is 6.33. The molecule has 37 heavy (non-hydrogen) atoms. The number of piperidine rings is 1. The lowest BCUT2D eigenvalue weighted by molar-refractivity contribution is -0.0220. The lowest BCUT2D eigenvalue weighted by Gasteiger charge is -2.33. The van der Waals surface area contributed by atoms with Crippen molar-refractivity contribution in [1.29, 1.82) is 0 Å². The third kappa shape index (κ3) is 4.00. The van der Waals surface area contributed by atoms with Crippen molar-refractivity contribution >= 4 is 34.3 Å². The van der Waals surface area contributed by atoms with E-state index in [1.165, 1.54) is 0 Å². The zero-order valence-electron chi connectivity index (χ0n) is 19.8. The van der Waals surface area contributed by atoms with Gasteiger partial charge in [0, 0.05) is 36.6 Å². The van der Waals surface area contributed by atoms with Crippen molar-refractivity contribution in [2.24, 2.45) is 0 Å². The molecular formula is C28H24ClF2N3O3. The van der Waals surface area contributed by atoms with Gasteiger partial charge in [-0.05, 0) is 73.0 Å². The molecule has 1 aliphatic heterocycles. The van der Waals surface area contributed by atoms with Crippen LogP contribution in [0.25, 0.3) is 16.7 Å². The first-order valence-electron chi connectivity index (χ1n) is 12.2. The Morgan fingerprint density at radius 2 is 1.54 bits per heavy atom. The van der Waals surface area contributed by atoms with E-state index in [0.29, 0.717) is 34.6 Å². The number of anilines is 1. The number of halogens is 3. The summed E-state index contributed by atoms with van der Waals surface area (Å²) in [5.41, 5.74) is 2.88. The average molecular weight is 524 g/mol. The summed E-state index contributed by atoms with van der Waals surface area (Å²) in [6.07, 6.45) is 1.06. The van der Waals surface area contributed by atoms with E-state index in [0.717, 1.165) is 11.3 Å². The second kappa shape index (κ2) is 8.45. The molecule has 0 spiro atoms. The van der Waals surface area contributed by atoms with E-state index in [1.807, 2.05) is 41.3 Å². The first kappa shape index (κ1) is 23.7. The van der Waals surface area contributed by atoms with Crippen molar-refractivity contribution < 1.29 is 18.7 Å². The summed E-state index contributed by atoms with van der Waals surface area (Å²) in [4.78, 5) is 27.5. The smallest absolute Gasteiger partial charge is 0.335 e. The normalized spacial score (nSPS) is 18.2. The molecule has 6 nitrogen and oxygen atoms in total. The Morgan fingerprint density at radius 3 is 2.19 bits per heavy atom. The topological polar surface area (TPSA) is 67.5 Å². The van der Waals surface area contributed by atoms with Crippen molar-refractivity contribution in [2.75, 3.05) is 18.0 Å². The fraction of sp³-hybridized carbons (Fsp3) is 0.286. The number of rotatable bonds is 5. The van der Waals surface area contributed by atoms with Gasteiger partial charge in [0.15, 0.2) is 0 Å². The quantitative estimate of drug-likeness (QED) is 0.353. The molecule has 9 heteroatoms. The van der Waals surface area contributed by atoms with Crippen molar-refractivity contribution in [2.45, 2.75) is 37.1 Å². The van der Waals surface area contributed by atoms with Crippen LogP contribution in [-0.2, 0) is 5.54 Å². The number of hydrogen-bond donors (Lipinski definition) is 1. The third-order valence-electron chi connectivity index (χ3n) is 7.57. The van der Waals surface area contributed by atoms with Gasteiger partial charge in [-0.15, -0.1) is 0 Å². The van der Waals surface area contributed by atoms with Gasteiger partial charge in [-0.2, -0.15) is 0 Å². The van der Waals surface area contributed by atoms with Gasteiger partial charge in [0.25, 0.3) is 5.92 Å². The van der Waals surface area contributed by atoms with Crippen LogP contribution < -0.4 is 10.6 Å². The molecular weight excluding hydrogens is 500 g/mol. The number of aromatic nitrogens is 2. The first-order valence-corrected chi connectivity index (χ1v) is 12.6. The van der Waals surface area contributed by atoms with Crippen LogP contribution >= 0.6 is 11.6 Å². The highest BCUT2D eigenvalue weighted by atomic mass is 35.5. The summed E-state index contributed by atoms with van der Waals surface area (Å²) in [5.74, 6) is -3.63. The molecule has 2 heterocycles. The summed E-state index contributed by atoms with van der Waals surface area (Å²) in [7, 11) is 0. The Balaban J connectivity index is 1.45. The van der Waals surface area contributed by atoms with Gasteiger partial charge >= 0.3 is 11.7 Å². The molecule has 1 aliphatic carbocycles. The second-order valence-electron chi connectivity index (χ2n) is 9.86. The highest BCUT2D eigenvalue weighted by molar-refractivity contribution is 6.31. The molecule has 1 saturated carbocycles. The molecule has 0 unspecified atom stereocenters. The summed E-state index contributed by atoms with van der Waals surface area (Å²) < 4.78 is 30.5. The predicted octanol–water partition coefficient (Wildman–Crippen LogP) is 5.92. The fourth-order valence-corrected chi connectivity index (χ4v) is 5.61. The largest absolute Gasteiger partial charge is 0.478 e. The molecule has 1 aromatic heterocycles. The Bertz CT molecular complexity index is 1580. The molecule has 1 N–H and O–H groups in total. The van der Waals surface area contributed by atoms with Gasteiger partial charge in [-0.1, -0.05) is 23.7 Å². The lowest BCUT2D eigenvalue weighted by Crippen LogP contribution is -2.39. The SMILES string of the molecule is O=C(O)c1cccc(C2(n3c(=O)n(-c4ccc(N5CCC(F)(F)CC5)cc4)c4cc(Cl)ccc43)CC2)c1. The van der Waals surface area contributed by atoms with Crippen LogP contribution in [0.3, 0.4) is 0 Å². The number of carboxylic acids is 1. The molecule has 1 saturated heterocycles. The van der Waals surface area contributed by atoms with Crippen molar-refractivity contribution in [3.8, 4) is 5.69 Å². The molecule has 0 radical (unpaired) electrons. The zero-order chi connectivity index (χ0) is 25.9. The minimum Gasteiger partial charge on any atom is -0.478 e. The number of nitrogens with zero attached hydrogens (tertiary/aromatic N) is 3. The average Bonchev–Trinajstić information content (AvgIpc) is 3.62. The summed E-state index contributed by atoms with van der Waals surface area (Å²) in [6, 6.07) is 19.4. The molecule has 0 bridgehead atoms. The minimum absolute atomic E-state index is 0.175. The number of benzene rings is 3. The molecule has 3 aromatic carbocycles. The molecule has 0 atom stereocenters. The predicted molar refractivity (Wildman–Crippen MR) is 139 cm³/mol. The van der Waals surface area contributed by atoms with Gasteiger partial charge in [0.1, 0.15) is 0 Å². The van der Waals surface area contributed by atoms with E-state index in [-0.39, 0.29) is 37.2 Å². The van der Waals surface area contributed by atoms with Crippen LogP contribution in [0.15, 0.2) is 71.5 Å². The van der Waals surface area contributed by atoms with E-state index >= 15 is 0 Å². The second-order valence-corrected chi connectivity index (χ2v) is 10.3. The minimum atomic E-state index is -2.62. The zero-order valence-corrected chi connectivity index (χ0v) is 20.6. The number of carboxylic acid groups (broad SMARTS) is 1. The van der Waals surface area contributed by atoms with E-state index in [9.17, 15) is 23.5 Å². The Labute approximate surface area is 216 Å². The molecule has 2 fully saturated rings. The van der Waals surface area contributed by atoms with Crippen LogP contribution in [0.4, 0.5) is 14.5 Å². The van der Waals surface area contributed by atoms with Gasteiger partial charge < -0.3 is 10.0 Å². The maximum atomic E-state index is 14.0. The van der Waals surface area contributed by atoms with Gasteiger partial charge in [-0.25, -0.2) is 18.4 Å². The van der Waals surface area contributed by atoms with Crippen LogP contribution in [0.2, 0.25) is 5.02 Å². The number of fused-ring (bicyclic) bond motifs is 1. The number of aromatic carboxylic acids is 1. The molecule has 6 rings (SSSR count). The highest BCUT2D eigenvalue weighted by Crippen LogP contribution is 2.50. The molecule has 0 amide bonds. The number of alkyl halides is 2. The van der Waals surface area contributed by atoms with Crippen molar-refractivity contribution in [3.63, 3.8) is 0 Å². The van der Waals surface area contributed by atoms with Crippen LogP contribution in [0.5, 0.6) is 0 Å². The molecule has 2 aliphatic rings. The van der Waals surface area contributed by atoms with Crippen molar-refractivity contribution in [3.05, 3.63) is 93.4 Å². The van der Waals surface area contributed by atoms with Crippen LogP contribution in [-0.4, -0.2) is 39.2 Å². The molecule has 190 valence electrons. The fourth-order valence-electron chi connectivity index (χ4n) is 5.44. The van der Waals surface area contributed by atoms with Crippen LogP contribution in [0.1, 0.15) is 41.6 Å². The van der Waals surface area contributed by atoms with Gasteiger partial charge in [0.05, 0.1) is 27.8 Å². The first-order chi connectivity index (χ1) is 17.7. The Kier molecular flexibility index (Phi) is 5.42. The monoisotopic (exact) mass is 523 g/mol. The number of hydrogen-bond acceptors (Lipinski definition) is 3. The number of imidazole rings is 1. The summed E-state index contributed by atoms with van der Waals surface area (Å²) in [6.45, 7) is 0.554. The Morgan fingerprint density at radius 1 is 0.865 bits per heavy atom. The van der Waals surface area contributed by atoms with Crippen LogP contribution in [0, 0.1) is 0 Å². The Hall–Kier alpha value is -3.65. The summed E-state index contributed by atoms with van der Waals surface area (Å²) in [5, 5.41) is 9.98. The maximum Gasteiger partial charge on any atom is 0.335 e. The van der Waals surface area contributed by atoms with E-state index in [4.69, 9.17) is 11.6 Å². The number of carbonyl (C=O) groups is 1. The lowest BCUT2D eigenvalue weighted by atomic mass is 10.0. The van der Waals surface area contributed by atoms with Gasteiger partial charge in [0.2, 0.25) is 0 Å². The highest BCUT2D eigenvalue weighted by Gasteiger charge is 2.49.